The van der Waals surface area contributed by atoms with Gasteiger partial charge in [0.1, 0.15) is 0 Å². The molecule has 3 heteroatoms. The van der Waals surface area contributed by atoms with Crippen LogP contribution in [-0.4, -0.2) is 4.57 Å². The third kappa shape index (κ3) is 2.51. The first-order chi connectivity index (χ1) is 8.61. The summed E-state index contributed by atoms with van der Waals surface area (Å²) in [7, 11) is 0. The first kappa shape index (κ1) is 12.6. The molecule has 0 fully saturated rings. The first-order valence-electron chi connectivity index (χ1n) is 6.06. The van der Waals surface area contributed by atoms with E-state index in [-0.39, 0.29) is 12.1 Å². The van der Waals surface area contributed by atoms with E-state index in [4.69, 9.17) is 5.73 Å². The van der Waals surface area contributed by atoms with Crippen molar-refractivity contribution in [1.82, 2.24) is 4.57 Å². The van der Waals surface area contributed by atoms with E-state index in [1.165, 1.54) is 5.56 Å². The van der Waals surface area contributed by atoms with E-state index in [0.717, 1.165) is 11.3 Å². The number of aromatic nitrogens is 1. The average Bonchev–Trinajstić information content (AvgIpc) is 2.37. The maximum atomic E-state index is 12.2. The van der Waals surface area contributed by atoms with Crippen LogP contribution in [0.2, 0.25) is 0 Å². The number of rotatable bonds is 3. The molecule has 0 amide bonds. The number of nitrogens with zero attached hydrogens (tertiary/aromatic N) is 1. The molecule has 0 atom stereocenters. The predicted octanol–water partition coefficient (Wildman–Crippen LogP) is 1.97. The Morgan fingerprint density at radius 3 is 2.33 bits per heavy atom. The van der Waals surface area contributed by atoms with Crippen molar-refractivity contribution in [3.63, 3.8) is 0 Å². The number of hydrogen-bond acceptors (Lipinski definition) is 2. The Balaban J connectivity index is 2.39. The third-order valence-corrected chi connectivity index (χ3v) is 3.15. The van der Waals surface area contributed by atoms with E-state index in [1.807, 2.05) is 19.1 Å². The van der Waals surface area contributed by atoms with Crippen LogP contribution >= 0.6 is 0 Å². The molecular formula is C15H18N2O. The summed E-state index contributed by atoms with van der Waals surface area (Å²) in [6.07, 6.45) is 0. The van der Waals surface area contributed by atoms with E-state index in [2.05, 4.69) is 31.2 Å². The lowest BCUT2D eigenvalue weighted by atomic mass is 10.1. The number of aryl methyl sites for hydroxylation is 2. The molecule has 1 heterocycles. The number of pyridine rings is 1. The summed E-state index contributed by atoms with van der Waals surface area (Å²) in [5, 5.41) is 0. The topological polar surface area (TPSA) is 48.0 Å². The Labute approximate surface area is 107 Å². The van der Waals surface area contributed by atoms with Crippen LogP contribution in [0.3, 0.4) is 0 Å². The zero-order chi connectivity index (χ0) is 13.1. The smallest absolute Gasteiger partial charge is 0.255 e. The van der Waals surface area contributed by atoms with Crippen molar-refractivity contribution in [3.8, 4) is 0 Å². The van der Waals surface area contributed by atoms with E-state index in [1.54, 1.807) is 4.57 Å². The molecule has 0 unspecified atom stereocenters. The number of hydrogen-bond donors (Lipinski definition) is 1. The summed E-state index contributed by atoms with van der Waals surface area (Å²) in [4.78, 5) is 12.2. The second kappa shape index (κ2) is 5.19. The molecule has 0 bridgehead atoms. The second-order valence-corrected chi connectivity index (χ2v) is 4.58. The molecule has 1 aromatic carbocycles. The van der Waals surface area contributed by atoms with Gasteiger partial charge in [-0.3, -0.25) is 4.79 Å². The van der Waals surface area contributed by atoms with Crippen LogP contribution in [0.15, 0.2) is 41.2 Å². The highest BCUT2D eigenvalue weighted by atomic mass is 16.1. The Morgan fingerprint density at radius 1 is 1.06 bits per heavy atom. The van der Waals surface area contributed by atoms with E-state index < -0.39 is 0 Å². The van der Waals surface area contributed by atoms with Crippen LogP contribution in [-0.2, 0) is 13.1 Å². The summed E-state index contributed by atoms with van der Waals surface area (Å²) in [5.74, 6) is 0. The van der Waals surface area contributed by atoms with Crippen molar-refractivity contribution in [2.45, 2.75) is 26.9 Å². The maximum absolute atomic E-state index is 12.2. The summed E-state index contributed by atoms with van der Waals surface area (Å²) in [6.45, 7) is 4.87. The van der Waals surface area contributed by atoms with Crippen molar-refractivity contribution in [3.05, 3.63) is 69.1 Å². The lowest BCUT2D eigenvalue weighted by Gasteiger charge is -2.11. The molecule has 2 aromatic rings. The minimum atomic E-state index is 0.0121. The lowest BCUT2D eigenvalue weighted by Crippen LogP contribution is -2.27. The minimum absolute atomic E-state index is 0.0121. The van der Waals surface area contributed by atoms with Gasteiger partial charge in [0.05, 0.1) is 6.54 Å². The number of nitrogens with two attached hydrogens (primary N) is 1. The third-order valence-electron chi connectivity index (χ3n) is 3.15. The van der Waals surface area contributed by atoms with Gasteiger partial charge in [0.2, 0.25) is 0 Å². The van der Waals surface area contributed by atoms with E-state index >= 15 is 0 Å². The van der Waals surface area contributed by atoms with Crippen LogP contribution in [0.5, 0.6) is 0 Å². The van der Waals surface area contributed by atoms with Crippen molar-refractivity contribution in [2.75, 3.05) is 0 Å². The van der Waals surface area contributed by atoms with Crippen LogP contribution in [0.25, 0.3) is 0 Å². The zero-order valence-electron chi connectivity index (χ0n) is 10.8. The van der Waals surface area contributed by atoms with Gasteiger partial charge in [-0.25, -0.2) is 0 Å². The molecule has 0 saturated heterocycles. The van der Waals surface area contributed by atoms with Crippen molar-refractivity contribution in [2.24, 2.45) is 5.73 Å². The SMILES string of the molecule is Cc1ccc(Cn2c(C)ccc(CN)c2=O)cc1. The number of benzene rings is 1. The lowest BCUT2D eigenvalue weighted by molar-refractivity contribution is 0.716. The molecule has 94 valence electrons. The van der Waals surface area contributed by atoms with Crippen LogP contribution in [0, 0.1) is 13.8 Å². The largest absolute Gasteiger partial charge is 0.326 e. The summed E-state index contributed by atoms with van der Waals surface area (Å²) >= 11 is 0. The van der Waals surface area contributed by atoms with E-state index in [9.17, 15) is 4.79 Å². The van der Waals surface area contributed by atoms with Gasteiger partial charge in [-0.05, 0) is 25.5 Å². The molecular weight excluding hydrogens is 224 g/mol. The molecule has 0 aliphatic heterocycles. The van der Waals surface area contributed by atoms with Gasteiger partial charge in [0, 0.05) is 17.8 Å². The molecule has 0 aliphatic carbocycles. The molecule has 0 radical (unpaired) electrons. The van der Waals surface area contributed by atoms with Crippen LogP contribution in [0.4, 0.5) is 0 Å². The van der Waals surface area contributed by atoms with Gasteiger partial charge < -0.3 is 10.3 Å². The maximum Gasteiger partial charge on any atom is 0.255 e. The monoisotopic (exact) mass is 242 g/mol. The second-order valence-electron chi connectivity index (χ2n) is 4.58. The van der Waals surface area contributed by atoms with E-state index in [0.29, 0.717) is 12.1 Å². The highest BCUT2D eigenvalue weighted by Gasteiger charge is 2.05. The molecule has 0 spiro atoms. The van der Waals surface area contributed by atoms with Gasteiger partial charge in [0.15, 0.2) is 0 Å². The molecule has 2 N–H and O–H groups in total. The quantitative estimate of drug-likeness (QED) is 0.894. The van der Waals surface area contributed by atoms with Gasteiger partial charge in [-0.15, -0.1) is 0 Å². The molecule has 18 heavy (non-hydrogen) atoms. The fourth-order valence-corrected chi connectivity index (χ4v) is 1.94. The highest BCUT2D eigenvalue weighted by Crippen LogP contribution is 2.06. The summed E-state index contributed by atoms with van der Waals surface area (Å²) in [6, 6.07) is 12.0. The Hall–Kier alpha value is -1.87. The zero-order valence-corrected chi connectivity index (χ0v) is 10.8. The fourth-order valence-electron chi connectivity index (χ4n) is 1.94. The van der Waals surface area contributed by atoms with Gasteiger partial charge in [-0.1, -0.05) is 35.9 Å². The molecule has 2 rings (SSSR count). The average molecular weight is 242 g/mol. The Kier molecular flexibility index (Phi) is 3.63. The normalized spacial score (nSPS) is 10.6. The van der Waals surface area contributed by atoms with Gasteiger partial charge >= 0.3 is 0 Å². The Morgan fingerprint density at radius 2 is 1.72 bits per heavy atom. The molecule has 3 nitrogen and oxygen atoms in total. The minimum Gasteiger partial charge on any atom is -0.326 e. The Bertz CT molecular complexity index is 597. The molecule has 1 aromatic heterocycles. The molecule has 0 aliphatic rings. The van der Waals surface area contributed by atoms with Gasteiger partial charge in [0.25, 0.3) is 5.56 Å². The van der Waals surface area contributed by atoms with Gasteiger partial charge in [-0.2, -0.15) is 0 Å². The standard InChI is InChI=1S/C15H18N2O/c1-11-3-6-13(7-4-11)10-17-12(2)5-8-14(9-16)15(17)18/h3-8H,9-10,16H2,1-2H3. The molecule has 0 saturated carbocycles. The van der Waals surface area contributed by atoms with Crippen LogP contribution in [0.1, 0.15) is 22.4 Å². The summed E-state index contributed by atoms with van der Waals surface area (Å²) in [5.41, 5.74) is 9.54. The summed E-state index contributed by atoms with van der Waals surface area (Å²) < 4.78 is 1.77. The van der Waals surface area contributed by atoms with Crippen molar-refractivity contribution < 1.29 is 0 Å². The van der Waals surface area contributed by atoms with Crippen molar-refractivity contribution >= 4 is 0 Å². The predicted molar refractivity (Wildman–Crippen MR) is 73.6 cm³/mol. The highest BCUT2D eigenvalue weighted by molar-refractivity contribution is 5.23. The van der Waals surface area contributed by atoms with Crippen molar-refractivity contribution in [1.29, 1.82) is 0 Å². The first-order valence-corrected chi connectivity index (χ1v) is 6.06. The van der Waals surface area contributed by atoms with Crippen LogP contribution < -0.4 is 11.3 Å². The fraction of sp³-hybridized carbons (Fsp3) is 0.267.